The van der Waals surface area contributed by atoms with Crippen molar-refractivity contribution in [3.8, 4) is 11.5 Å². The van der Waals surface area contributed by atoms with Crippen LogP contribution in [-0.2, 0) is 9.59 Å². The van der Waals surface area contributed by atoms with E-state index in [4.69, 9.17) is 16.3 Å². The van der Waals surface area contributed by atoms with E-state index in [2.05, 4.69) is 0 Å². The van der Waals surface area contributed by atoms with Gasteiger partial charge in [0.25, 0.3) is 11.7 Å². The number of phenols is 1. The van der Waals surface area contributed by atoms with Gasteiger partial charge in [-0.1, -0.05) is 30.5 Å². The van der Waals surface area contributed by atoms with Gasteiger partial charge in [0.05, 0.1) is 29.3 Å². The van der Waals surface area contributed by atoms with Gasteiger partial charge in [0.2, 0.25) is 0 Å². The van der Waals surface area contributed by atoms with E-state index in [-0.39, 0.29) is 33.7 Å². The maximum absolute atomic E-state index is 13.9. The minimum atomic E-state index is -0.922. The molecule has 6 nitrogen and oxygen atoms in total. The maximum atomic E-state index is 13.9. The lowest BCUT2D eigenvalue weighted by atomic mass is 9.94. The van der Waals surface area contributed by atoms with Crippen LogP contribution in [-0.4, -0.2) is 40.0 Å². The number of amides is 1. The van der Waals surface area contributed by atoms with Crippen molar-refractivity contribution in [3.63, 3.8) is 0 Å². The topological polar surface area (TPSA) is 87.1 Å². The molecule has 2 aromatic carbocycles. The summed E-state index contributed by atoms with van der Waals surface area (Å²) in [4.78, 5) is 27.6. The molecule has 2 aliphatic rings. The van der Waals surface area contributed by atoms with Crippen LogP contribution in [0.2, 0.25) is 5.02 Å². The number of halogens is 2. The van der Waals surface area contributed by atoms with E-state index in [0.29, 0.717) is 5.56 Å². The van der Waals surface area contributed by atoms with Crippen molar-refractivity contribution in [2.75, 3.05) is 7.11 Å². The highest BCUT2D eigenvalue weighted by Crippen LogP contribution is 2.45. The van der Waals surface area contributed by atoms with Crippen molar-refractivity contribution in [2.24, 2.45) is 0 Å². The zero-order chi connectivity index (χ0) is 22.3. The van der Waals surface area contributed by atoms with Gasteiger partial charge in [0, 0.05) is 6.04 Å². The Morgan fingerprint density at radius 1 is 1.16 bits per heavy atom. The molecule has 1 atom stereocenters. The maximum Gasteiger partial charge on any atom is 0.295 e. The molecular weight excluding hydrogens is 425 g/mol. The number of likely N-dealkylation sites (tertiary alicyclic amines) is 1. The number of ketones is 1. The highest BCUT2D eigenvalue weighted by atomic mass is 35.5. The SMILES string of the molecule is COc1ccc(F)cc1/C(O)=C1\C(=O)C(=O)N(C2CCCC2)C1c1ccc(O)c(Cl)c1. The van der Waals surface area contributed by atoms with Crippen molar-refractivity contribution in [1.29, 1.82) is 0 Å². The van der Waals surface area contributed by atoms with Crippen molar-refractivity contribution >= 4 is 29.1 Å². The van der Waals surface area contributed by atoms with E-state index in [9.17, 15) is 24.2 Å². The predicted molar refractivity (Wildman–Crippen MR) is 112 cm³/mol. The summed E-state index contributed by atoms with van der Waals surface area (Å²) in [7, 11) is 1.36. The van der Waals surface area contributed by atoms with E-state index in [1.807, 2.05) is 0 Å². The zero-order valence-electron chi connectivity index (χ0n) is 16.8. The Kier molecular flexibility index (Phi) is 5.62. The Bertz CT molecular complexity index is 1090. The van der Waals surface area contributed by atoms with Crippen LogP contribution in [0, 0.1) is 5.82 Å². The number of methoxy groups -OCH3 is 1. The van der Waals surface area contributed by atoms with Crippen molar-refractivity contribution in [3.05, 3.63) is 63.9 Å². The van der Waals surface area contributed by atoms with Crippen LogP contribution in [0.4, 0.5) is 4.39 Å². The lowest BCUT2D eigenvalue weighted by molar-refractivity contribution is -0.141. The van der Waals surface area contributed by atoms with Gasteiger partial charge in [-0.15, -0.1) is 0 Å². The molecule has 8 heteroatoms. The molecule has 4 rings (SSSR count). The summed E-state index contributed by atoms with van der Waals surface area (Å²) in [5, 5.41) is 21.0. The number of nitrogens with zero attached hydrogens (tertiary/aromatic N) is 1. The summed E-state index contributed by atoms with van der Waals surface area (Å²) in [5.41, 5.74) is 0.273. The number of hydrogen-bond acceptors (Lipinski definition) is 5. The summed E-state index contributed by atoms with van der Waals surface area (Å²) in [5.74, 6) is -2.72. The summed E-state index contributed by atoms with van der Waals surface area (Å²) < 4.78 is 19.2. The highest BCUT2D eigenvalue weighted by molar-refractivity contribution is 6.46. The highest BCUT2D eigenvalue weighted by Gasteiger charge is 2.49. The minimum absolute atomic E-state index is 0.0261. The average molecular weight is 446 g/mol. The molecule has 1 aliphatic heterocycles. The largest absolute Gasteiger partial charge is 0.507 e. The number of rotatable bonds is 4. The third-order valence-electron chi connectivity index (χ3n) is 5.90. The van der Waals surface area contributed by atoms with E-state index in [0.717, 1.165) is 31.7 Å². The van der Waals surface area contributed by atoms with Gasteiger partial charge in [0.15, 0.2) is 0 Å². The minimum Gasteiger partial charge on any atom is -0.507 e. The van der Waals surface area contributed by atoms with Gasteiger partial charge < -0.3 is 19.8 Å². The fourth-order valence-electron chi connectivity index (χ4n) is 4.44. The summed E-state index contributed by atoms with van der Waals surface area (Å²) in [6.45, 7) is 0. The molecule has 31 heavy (non-hydrogen) atoms. The van der Waals surface area contributed by atoms with Gasteiger partial charge in [-0.2, -0.15) is 0 Å². The van der Waals surface area contributed by atoms with Crippen LogP contribution in [0.25, 0.3) is 5.76 Å². The number of carbonyl (C=O) groups excluding carboxylic acids is 2. The number of carbonyl (C=O) groups is 2. The first-order valence-electron chi connectivity index (χ1n) is 9.96. The quantitative estimate of drug-likeness (QED) is 0.409. The molecule has 0 bridgehead atoms. The number of aliphatic hydroxyl groups excluding tert-OH is 1. The van der Waals surface area contributed by atoms with E-state index < -0.39 is 29.3 Å². The van der Waals surface area contributed by atoms with Crippen LogP contribution < -0.4 is 4.74 Å². The molecule has 1 heterocycles. The Morgan fingerprint density at radius 3 is 2.52 bits per heavy atom. The Labute approximate surface area is 183 Å². The number of ether oxygens (including phenoxy) is 1. The molecule has 2 aromatic rings. The lowest BCUT2D eigenvalue weighted by Crippen LogP contribution is -2.37. The second-order valence-corrected chi connectivity index (χ2v) is 8.11. The molecule has 162 valence electrons. The van der Waals surface area contributed by atoms with Crippen LogP contribution in [0.3, 0.4) is 0 Å². The third-order valence-corrected chi connectivity index (χ3v) is 6.21. The fraction of sp³-hybridized carbons (Fsp3) is 0.304. The average Bonchev–Trinajstić information content (AvgIpc) is 3.36. The first-order chi connectivity index (χ1) is 14.8. The smallest absolute Gasteiger partial charge is 0.295 e. The number of aromatic hydroxyl groups is 1. The Morgan fingerprint density at radius 2 is 1.87 bits per heavy atom. The lowest BCUT2D eigenvalue weighted by Gasteiger charge is -2.31. The number of aliphatic hydroxyl groups is 1. The number of benzene rings is 2. The zero-order valence-corrected chi connectivity index (χ0v) is 17.5. The van der Waals surface area contributed by atoms with E-state index in [1.165, 1.54) is 36.3 Å². The van der Waals surface area contributed by atoms with Crippen LogP contribution >= 0.6 is 11.6 Å². The van der Waals surface area contributed by atoms with Crippen LogP contribution in [0.5, 0.6) is 11.5 Å². The predicted octanol–water partition coefficient (Wildman–Crippen LogP) is 4.56. The third kappa shape index (κ3) is 3.63. The molecule has 2 fully saturated rings. The molecule has 0 radical (unpaired) electrons. The summed E-state index contributed by atoms with van der Waals surface area (Å²) in [6.07, 6.45) is 3.32. The monoisotopic (exact) mass is 445 g/mol. The van der Waals surface area contributed by atoms with Gasteiger partial charge in [0.1, 0.15) is 23.1 Å². The molecule has 2 N–H and O–H groups in total. The number of phenolic OH excluding ortho intramolecular Hbond substituents is 1. The summed E-state index contributed by atoms with van der Waals surface area (Å²) >= 11 is 6.10. The molecular formula is C23H21ClFNO5. The summed E-state index contributed by atoms with van der Waals surface area (Å²) in [6, 6.07) is 6.85. The molecule has 1 amide bonds. The first-order valence-corrected chi connectivity index (χ1v) is 10.3. The molecule has 0 aromatic heterocycles. The second kappa shape index (κ2) is 8.23. The van der Waals surface area contributed by atoms with E-state index >= 15 is 0 Å². The van der Waals surface area contributed by atoms with Gasteiger partial charge >= 0.3 is 0 Å². The molecule has 1 unspecified atom stereocenters. The second-order valence-electron chi connectivity index (χ2n) is 7.70. The Balaban J connectivity index is 1.95. The molecule has 1 saturated carbocycles. The molecule has 0 spiro atoms. The van der Waals surface area contributed by atoms with Crippen LogP contribution in [0.1, 0.15) is 42.9 Å². The normalized spacial score (nSPS) is 21.1. The van der Waals surface area contributed by atoms with Gasteiger partial charge in [-0.05, 0) is 48.7 Å². The van der Waals surface area contributed by atoms with Crippen molar-refractivity contribution in [2.45, 2.75) is 37.8 Å². The first kappa shape index (κ1) is 21.2. The van der Waals surface area contributed by atoms with Crippen molar-refractivity contribution in [1.82, 2.24) is 4.90 Å². The van der Waals surface area contributed by atoms with Gasteiger partial charge in [-0.3, -0.25) is 9.59 Å². The van der Waals surface area contributed by atoms with Crippen LogP contribution in [0.15, 0.2) is 42.0 Å². The van der Waals surface area contributed by atoms with Crippen molar-refractivity contribution < 1.29 is 28.9 Å². The molecule has 1 aliphatic carbocycles. The molecule has 1 saturated heterocycles. The number of Topliss-reactive ketones (excluding diaryl/α,β-unsaturated/α-hetero) is 1. The standard InChI is InChI=1S/C23H21ClFNO5/c1-31-18-9-7-13(25)11-15(18)21(28)19-20(12-6-8-17(27)16(24)10-12)26(23(30)22(19)29)14-4-2-3-5-14/h6-11,14,20,27-28H,2-5H2,1H3/b21-19+. The van der Waals surface area contributed by atoms with Gasteiger partial charge in [-0.25, -0.2) is 4.39 Å². The Hall–Kier alpha value is -3.06. The number of hydrogen-bond donors (Lipinski definition) is 2. The fourth-order valence-corrected chi connectivity index (χ4v) is 4.63. The van der Waals surface area contributed by atoms with E-state index in [1.54, 1.807) is 6.07 Å².